The van der Waals surface area contributed by atoms with Crippen LogP contribution in [0, 0.1) is 11.8 Å². The molecule has 1 saturated heterocycles. The SMILES string of the molecule is O[C@H](COc1ccccc1)CN1CCC(C[C@@H]2C[C@H]2c2ccccc2)CC1. The number of ether oxygens (including phenoxy) is 1. The molecule has 0 radical (unpaired) electrons. The van der Waals surface area contributed by atoms with Gasteiger partial charge >= 0.3 is 0 Å². The summed E-state index contributed by atoms with van der Waals surface area (Å²) in [4.78, 5) is 2.40. The van der Waals surface area contributed by atoms with Crippen LogP contribution < -0.4 is 4.74 Å². The number of benzene rings is 2. The van der Waals surface area contributed by atoms with Crippen LogP contribution in [-0.4, -0.2) is 42.4 Å². The number of likely N-dealkylation sites (tertiary alicyclic amines) is 1. The van der Waals surface area contributed by atoms with E-state index in [1.165, 1.54) is 31.2 Å². The van der Waals surface area contributed by atoms with Gasteiger partial charge in [-0.2, -0.15) is 0 Å². The third kappa shape index (κ3) is 5.33. The van der Waals surface area contributed by atoms with Gasteiger partial charge in [-0.15, -0.1) is 0 Å². The first-order valence-electron chi connectivity index (χ1n) is 10.4. The second kappa shape index (κ2) is 8.90. The third-order valence-corrected chi connectivity index (χ3v) is 6.15. The van der Waals surface area contributed by atoms with E-state index in [0.29, 0.717) is 6.61 Å². The molecule has 0 bridgehead atoms. The van der Waals surface area contributed by atoms with Gasteiger partial charge in [0.25, 0.3) is 0 Å². The van der Waals surface area contributed by atoms with E-state index >= 15 is 0 Å². The highest BCUT2D eigenvalue weighted by Crippen LogP contribution is 2.51. The minimum atomic E-state index is -0.423. The number of hydrogen-bond acceptors (Lipinski definition) is 3. The van der Waals surface area contributed by atoms with Crippen LogP contribution in [0.3, 0.4) is 0 Å². The molecule has 4 rings (SSSR count). The van der Waals surface area contributed by atoms with Crippen molar-refractivity contribution in [2.24, 2.45) is 11.8 Å². The first-order chi connectivity index (χ1) is 13.3. The lowest BCUT2D eigenvalue weighted by Gasteiger charge is -2.33. The number of aliphatic hydroxyl groups excluding tert-OH is 1. The Morgan fingerprint density at radius 2 is 1.63 bits per heavy atom. The Morgan fingerprint density at radius 1 is 0.963 bits per heavy atom. The summed E-state index contributed by atoms with van der Waals surface area (Å²) in [6, 6.07) is 20.7. The van der Waals surface area contributed by atoms with Gasteiger partial charge in [-0.1, -0.05) is 48.5 Å². The fourth-order valence-electron chi connectivity index (χ4n) is 4.51. The van der Waals surface area contributed by atoms with E-state index in [2.05, 4.69) is 35.2 Å². The summed E-state index contributed by atoms with van der Waals surface area (Å²) in [5.74, 6) is 3.39. The van der Waals surface area contributed by atoms with Gasteiger partial charge in [-0.25, -0.2) is 0 Å². The Kier molecular flexibility index (Phi) is 6.10. The topological polar surface area (TPSA) is 32.7 Å². The molecule has 2 aromatic carbocycles. The zero-order valence-corrected chi connectivity index (χ0v) is 16.0. The number of hydrogen-bond donors (Lipinski definition) is 1. The number of aliphatic hydroxyl groups is 1. The molecule has 0 unspecified atom stereocenters. The molecule has 3 heteroatoms. The van der Waals surface area contributed by atoms with Crippen molar-refractivity contribution in [3.63, 3.8) is 0 Å². The molecule has 27 heavy (non-hydrogen) atoms. The largest absolute Gasteiger partial charge is 0.491 e. The maximum atomic E-state index is 10.3. The minimum absolute atomic E-state index is 0.366. The molecule has 0 amide bonds. The van der Waals surface area contributed by atoms with Gasteiger partial charge in [0.05, 0.1) is 0 Å². The van der Waals surface area contributed by atoms with Crippen molar-refractivity contribution < 1.29 is 9.84 Å². The number of β-amino-alcohol motifs (C(OH)–C–C–N with tert-alkyl or cyclic N) is 1. The number of para-hydroxylation sites is 1. The lowest BCUT2D eigenvalue weighted by molar-refractivity contribution is 0.0539. The number of piperidine rings is 1. The van der Waals surface area contributed by atoms with Crippen molar-refractivity contribution in [2.45, 2.75) is 37.7 Å². The average molecular weight is 366 g/mol. The molecule has 1 heterocycles. The van der Waals surface area contributed by atoms with Gasteiger partial charge in [0.15, 0.2) is 0 Å². The summed E-state index contributed by atoms with van der Waals surface area (Å²) >= 11 is 0. The molecule has 1 aliphatic carbocycles. The Hall–Kier alpha value is -1.84. The normalized spacial score (nSPS) is 24.5. The Balaban J connectivity index is 1.13. The van der Waals surface area contributed by atoms with Gasteiger partial charge in [-0.3, -0.25) is 0 Å². The van der Waals surface area contributed by atoms with Crippen molar-refractivity contribution >= 4 is 0 Å². The Bertz CT molecular complexity index is 682. The monoisotopic (exact) mass is 365 g/mol. The third-order valence-electron chi connectivity index (χ3n) is 6.15. The molecule has 2 fully saturated rings. The molecule has 1 N–H and O–H groups in total. The molecular formula is C24H31NO2. The molecule has 0 spiro atoms. The zero-order chi connectivity index (χ0) is 18.5. The summed E-state index contributed by atoms with van der Waals surface area (Å²) in [6.07, 6.45) is 4.87. The lowest BCUT2D eigenvalue weighted by Crippen LogP contribution is -2.40. The summed E-state index contributed by atoms with van der Waals surface area (Å²) < 4.78 is 5.67. The quantitative estimate of drug-likeness (QED) is 0.756. The molecule has 1 aliphatic heterocycles. The van der Waals surface area contributed by atoms with Crippen molar-refractivity contribution in [3.05, 3.63) is 66.2 Å². The highest BCUT2D eigenvalue weighted by atomic mass is 16.5. The molecule has 0 aromatic heterocycles. The van der Waals surface area contributed by atoms with Gasteiger partial charge in [0.1, 0.15) is 18.5 Å². The van der Waals surface area contributed by atoms with E-state index < -0.39 is 6.10 Å². The average Bonchev–Trinajstić information content (AvgIpc) is 3.49. The van der Waals surface area contributed by atoms with Crippen LogP contribution >= 0.6 is 0 Å². The second-order valence-corrected chi connectivity index (χ2v) is 8.27. The van der Waals surface area contributed by atoms with Crippen LogP contribution in [0.5, 0.6) is 5.75 Å². The number of rotatable bonds is 8. The second-order valence-electron chi connectivity index (χ2n) is 8.27. The van der Waals surface area contributed by atoms with Gasteiger partial charge in [0, 0.05) is 6.54 Å². The summed E-state index contributed by atoms with van der Waals surface area (Å²) in [6.45, 7) is 3.30. The maximum Gasteiger partial charge on any atom is 0.119 e. The molecule has 2 aliphatic rings. The van der Waals surface area contributed by atoms with E-state index in [1.807, 2.05) is 30.3 Å². The Morgan fingerprint density at radius 3 is 2.33 bits per heavy atom. The molecule has 3 atom stereocenters. The van der Waals surface area contributed by atoms with Crippen LogP contribution in [0.2, 0.25) is 0 Å². The van der Waals surface area contributed by atoms with E-state index in [-0.39, 0.29) is 0 Å². The van der Waals surface area contributed by atoms with Crippen LogP contribution in [0.25, 0.3) is 0 Å². The fourth-order valence-corrected chi connectivity index (χ4v) is 4.51. The minimum Gasteiger partial charge on any atom is -0.491 e. The lowest BCUT2D eigenvalue weighted by atomic mass is 9.90. The van der Waals surface area contributed by atoms with E-state index in [0.717, 1.165) is 43.1 Å². The molecule has 2 aromatic rings. The van der Waals surface area contributed by atoms with Crippen molar-refractivity contribution in [1.82, 2.24) is 4.90 Å². The highest BCUT2D eigenvalue weighted by molar-refractivity contribution is 5.25. The molecule has 144 valence electrons. The summed E-state index contributed by atoms with van der Waals surface area (Å²) in [5, 5.41) is 10.3. The van der Waals surface area contributed by atoms with E-state index in [4.69, 9.17) is 4.74 Å². The Labute approximate surface area is 163 Å². The van der Waals surface area contributed by atoms with Crippen molar-refractivity contribution in [3.8, 4) is 5.75 Å². The van der Waals surface area contributed by atoms with Gasteiger partial charge < -0.3 is 14.7 Å². The van der Waals surface area contributed by atoms with Gasteiger partial charge in [-0.05, 0) is 74.2 Å². The summed E-state index contributed by atoms with van der Waals surface area (Å²) in [7, 11) is 0. The van der Waals surface area contributed by atoms with Gasteiger partial charge in [0.2, 0.25) is 0 Å². The fraction of sp³-hybridized carbons (Fsp3) is 0.500. The summed E-state index contributed by atoms with van der Waals surface area (Å²) in [5.41, 5.74) is 1.53. The van der Waals surface area contributed by atoms with Crippen molar-refractivity contribution in [1.29, 1.82) is 0 Å². The zero-order valence-electron chi connectivity index (χ0n) is 16.0. The van der Waals surface area contributed by atoms with E-state index in [1.54, 1.807) is 0 Å². The maximum absolute atomic E-state index is 10.3. The molecular weight excluding hydrogens is 334 g/mol. The van der Waals surface area contributed by atoms with Crippen LogP contribution in [0.1, 0.15) is 37.2 Å². The molecule has 1 saturated carbocycles. The van der Waals surface area contributed by atoms with Crippen molar-refractivity contribution in [2.75, 3.05) is 26.2 Å². The standard InChI is InChI=1S/C24H31NO2/c26-22(18-27-23-9-5-2-6-10-23)17-25-13-11-19(12-14-25)15-21-16-24(21)20-7-3-1-4-8-20/h1-10,19,21-22,24,26H,11-18H2/t21-,22+,24+/m1/s1. The predicted octanol–water partition coefficient (Wildman–Crippen LogP) is 4.33. The first-order valence-corrected chi connectivity index (χ1v) is 10.4. The highest BCUT2D eigenvalue weighted by Gasteiger charge is 2.39. The first kappa shape index (κ1) is 18.5. The van der Waals surface area contributed by atoms with Crippen LogP contribution in [0.4, 0.5) is 0 Å². The van der Waals surface area contributed by atoms with Crippen LogP contribution in [-0.2, 0) is 0 Å². The number of nitrogens with zero attached hydrogens (tertiary/aromatic N) is 1. The predicted molar refractivity (Wildman–Crippen MR) is 109 cm³/mol. The molecule has 3 nitrogen and oxygen atoms in total. The van der Waals surface area contributed by atoms with E-state index in [9.17, 15) is 5.11 Å². The smallest absolute Gasteiger partial charge is 0.119 e. The van der Waals surface area contributed by atoms with Crippen LogP contribution in [0.15, 0.2) is 60.7 Å².